The molecule has 0 radical (unpaired) electrons. The highest BCUT2D eigenvalue weighted by Crippen LogP contribution is 2.56. The van der Waals surface area contributed by atoms with Gasteiger partial charge in [-0.05, 0) is 18.1 Å². The molecule has 1 aromatic carbocycles. The predicted octanol–water partition coefficient (Wildman–Crippen LogP) is 3.27. The van der Waals surface area contributed by atoms with E-state index >= 15 is 0 Å². The molecule has 0 aromatic heterocycles. The molecule has 19 heavy (non-hydrogen) atoms. The summed E-state index contributed by atoms with van der Waals surface area (Å²) >= 11 is 0. The van der Waals surface area contributed by atoms with Crippen molar-refractivity contribution in [3.8, 4) is 0 Å². The lowest BCUT2D eigenvalue weighted by atomic mass is 9.50. The zero-order valence-electron chi connectivity index (χ0n) is 11.6. The van der Waals surface area contributed by atoms with Crippen LogP contribution < -0.4 is 0 Å². The Morgan fingerprint density at radius 2 is 1.68 bits per heavy atom. The summed E-state index contributed by atoms with van der Waals surface area (Å²) in [6.07, 6.45) is 2.38. The van der Waals surface area contributed by atoms with Crippen molar-refractivity contribution >= 4 is 17.1 Å². The maximum Gasteiger partial charge on any atom is 0.150 e. The van der Waals surface area contributed by atoms with Crippen LogP contribution >= 0.6 is 0 Å². The molecule has 0 N–H and O–H groups in total. The maximum absolute atomic E-state index is 12.8. The lowest BCUT2D eigenvalue weighted by Gasteiger charge is -2.50. The lowest BCUT2D eigenvalue weighted by molar-refractivity contribution is -0.150. The van der Waals surface area contributed by atoms with Gasteiger partial charge in [-0.2, -0.15) is 0 Å². The van der Waals surface area contributed by atoms with Crippen molar-refractivity contribution in [3.63, 3.8) is 0 Å². The Hall–Kier alpha value is -1.70. The number of allylic oxidation sites excluding steroid dienone is 2. The van der Waals surface area contributed by atoms with E-state index in [0.29, 0.717) is 6.42 Å². The molecule has 2 heteroatoms. The third-order valence-electron chi connectivity index (χ3n) is 4.75. The minimum atomic E-state index is -0.656. The first-order valence-corrected chi connectivity index (χ1v) is 6.73. The molecular weight excluding hydrogens is 236 g/mol. The third-order valence-corrected chi connectivity index (χ3v) is 4.75. The molecule has 1 saturated carbocycles. The van der Waals surface area contributed by atoms with Crippen LogP contribution in [0.1, 0.15) is 32.8 Å². The second-order valence-corrected chi connectivity index (χ2v) is 6.45. The number of Topliss-reactive ketones (excluding diaryl/α,β-unsaturated/α-hetero) is 2. The van der Waals surface area contributed by atoms with Crippen molar-refractivity contribution in [3.05, 3.63) is 42.0 Å². The van der Waals surface area contributed by atoms with E-state index in [1.807, 2.05) is 57.2 Å². The van der Waals surface area contributed by atoms with Crippen LogP contribution in [-0.2, 0) is 9.59 Å². The SMILES string of the molecule is CC12CC(=O)C(C=C1c1ccccc1)C(C)(C)C2=O. The summed E-state index contributed by atoms with van der Waals surface area (Å²) < 4.78 is 0. The van der Waals surface area contributed by atoms with Gasteiger partial charge in [0.1, 0.15) is 11.6 Å². The molecule has 2 unspecified atom stereocenters. The Morgan fingerprint density at radius 3 is 2.32 bits per heavy atom. The Morgan fingerprint density at radius 1 is 1.05 bits per heavy atom. The molecule has 3 aliphatic carbocycles. The summed E-state index contributed by atoms with van der Waals surface area (Å²) in [6.45, 7) is 5.71. The number of carbonyl (C=O) groups excluding carboxylic acids is 2. The Bertz CT molecular complexity index is 595. The van der Waals surface area contributed by atoms with E-state index in [4.69, 9.17) is 0 Å². The summed E-state index contributed by atoms with van der Waals surface area (Å²) in [5.41, 5.74) is 0.868. The van der Waals surface area contributed by atoms with Crippen LogP contribution in [0.5, 0.6) is 0 Å². The second-order valence-electron chi connectivity index (χ2n) is 6.45. The van der Waals surface area contributed by atoms with Gasteiger partial charge >= 0.3 is 0 Å². The first kappa shape index (κ1) is 12.3. The fourth-order valence-electron chi connectivity index (χ4n) is 3.70. The highest BCUT2D eigenvalue weighted by Gasteiger charge is 2.59. The highest BCUT2D eigenvalue weighted by atomic mass is 16.1. The van der Waals surface area contributed by atoms with Crippen LogP contribution in [0.15, 0.2) is 36.4 Å². The first-order chi connectivity index (χ1) is 8.87. The van der Waals surface area contributed by atoms with Crippen LogP contribution in [0.4, 0.5) is 0 Å². The van der Waals surface area contributed by atoms with Gasteiger partial charge in [0.15, 0.2) is 0 Å². The summed E-state index contributed by atoms with van der Waals surface area (Å²) in [5.74, 6) is 0.134. The molecule has 1 fully saturated rings. The molecule has 3 aliphatic rings. The van der Waals surface area contributed by atoms with Gasteiger partial charge in [0.05, 0.1) is 5.41 Å². The fourth-order valence-corrected chi connectivity index (χ4v) is 3.70. The molecule has 2 bridgehead atoms. The first-order valence-electron chi connectivity index (χ1n) is 6.73. The molecule has 0 aliphatic heterocycles. The van der Waals surface area contributed by atoms with Gasteiger partial charge in [-0.25, -0.2) is 0 Å². The van der Waals surface area contributed by atoms with Crippen LogP contribution in [0.2, 0.25) is 0 Å². The summed E-state index contributed by atoms with van der Waals surface area (Å²) in [6, 6.07) is 9.94. The van der Waals surface area contributed by atoms with Gasteiger partial charge in [-0.15, -0.1) is 0 Å². The van der Waals surface area contributed by atoms with Crippen molar-refractivity contribution in [2.45, 2.75) is 27.2 Å². The Labute approximate surface area is 113 Å². The fraction of sp³-hybridized carbons (Fsp3) is 0.412. The van der Waals surface area contributed by atoms with E-state index in [1.54, 1.807) is 0 Å². The topological polar surface area (TPSA) is 34.1 Å². The minimum absolute atomic E-state index is 0.200. The number of rotatable bonds is 1. The van der Waals surface area contributed by atoms with E-state index in [1.165, 1.54) is 0 Å². The number of hydrogen-bond donors (Lipinski definition) is 0. The Balaban J connectivity index is 2.22. The second kappa shape index (κ2) is 3.66. The number of hydrogen-bond acceptors (Lipinski definition) is 2. The van der Waals surface area contributed by atoms with Crippen LogP contribution in [0.25, 0.3) is 5.57 Å². The third kappa shape index (κ3) is 1.49. The molecule has 0 spiro atoms. The monoisotopic (exact) mass is 254 g/mol. The van der Waals surface area contributed by atoms with Crippen LogP contribution in [0, 0.1) is 16.7 Å². The minimum Gasteiger partial charge on any atom is -0.299 e. The Kier molecular flexibility index (Phi) is 2.38. The van der Waals surface area contributed by atoms with Gasteiger partial charge in [0, 0.05) is 17.8 Å². The summed E-state index contributed by atoms with van der Waals surface area (Å²) in [5, 5.41) is 0. The molecule has 2 atom stereocenters. The van der Waals surface area contributed by atoms with E-state index in [-0.39, 0.29) is 17.5 Å². The average Bonchev–Trinajstić information content (AvgIpc) is 2.37. The largest absolute Gasteiger partial charge is 0.299 e. The molecular formula is C17H18O2. The zero-order valence-corrected chi connectivity index (χ0v) is 11.6. The zero-order chi connectivity index (χ0) is 13.8. The van der Waals surface area contributed by atoms with Crippen molar-refractivity contribution in [2.24, 2.45) is 16.7 Å². The molecule has 4 rings (SSSR count). The standard InChI is InChI=1S/C17H18O2/c1-16(2)13-9-12(11-7-5-4-6-8-11)17(3,15(16)19)10-14(13)18/h4-9,13H,10H2,1-3H3. The summed E-state index contributed by atoms with van der Waals surface area (Å²) in [7, 11) is 0. The number of benzene rings is 1. The van der Waals surface area contributed by atoms with E-state index in [2.05, 4.69) is 0 Å². The maximum atomic E-state index is 12.8. The van der Waals surface area contributed by atoms with Crippen LogP contribution in [0.3, 0.4) is 0 Å². The van der Waals surface area contributed by atoms with Gasteiger partial charge in [0.2, 0.25) is 0 Å². The number of ketones is 2. The molecule has 0 amide bonds. The van der Waals surface area contributed by atoms with Gasteiger partial charge in [-0.1, -0.05) is 50.3 Å². The smallest absolute Gasteiger partial charge is 0.150 e. The summed E-state index contributed by atoms with van der Waals surface area (Å²) in [4.78, 5) is 25.0. The van der Waals surface area contributed by atoms with Gasteiger partial charge in [0.25, 0.3) is 0 Å². The van der Waals surface area contributed by atoms with Crippen molar-refractivity contribution in [2.75, 3.05) is 0 Å². The quantitative estimate of drug-likeness (QED) is 0.770. The molecule has 0 saturated heterocycles. The predicted molar refractivity (Wildman–Crippen MR) is 74.4 cm³/mol. The van der Waals surface area contributed by atoms with Crippen molar-refractivity contribution < 1.29 is 9.59 Å². The molecule has 2 nitrogen and oxygen atoms in total. The number of fused-ring (bicyclic) bond motifs is 2. The normalized spacial score (nSPS) is 32.4. The number of carbonyl (C=O) groups is 2. The van der Waals surface area contributed by atoms with E-state index in [9.17, 15) is 9.59 Å². The molecule has 1 aromatic rings. The van der Waals surface area contributed by atoms with E-state index in [0.717, 1.165) is 11.1 Å². The van der Waals surface area contributed by atoms with E-state index < -0.39 is 10.8 Å². The van der Waals surface area contributed by atoms with Gasteiger partial charge in [-0.3, -0.25) is 9.59 Å². The van der Waals surface area contributed by atoms with Crippen molar-refractivity contribution in [1.29, 1.82) is 0 Å². The average molecular weight is 254 g/mol. The lowest BCUT2D eigenvalue weighted by Crippen LogP contribution is -2.55. The van der Waals surface area contributed by atoms with Gasteiger partial charge < -0.3 is 0 Å². The van der Waals surface area contributed by atoms with Crippen molar-refractivity contribution in [1.82, 2.24) is 0 Å². The van der Waals surface area contributed by atoms with Crippen LogP contribution in [-0.4, -0.2) is 11.6 Å². The molecule has 98 valence electrons. The molecule has 0 heterocycles. The highest BCUT2D eigenvalue weighted by molar-refractivity contribution is 6.13.